The lowest BCUT2D eigenvalue weighted by atomic mass is 9.84. The van der Waals surface area contributed by atoms with Crippen molar-refractivity contribution >= 4 is 137 Å². The molecule has 18 rings (SSSR count). The van der Waals surface area contributed by atoms with Gasteiger partial charge in [-0.1, -0.05) is 35.9 Å². The summed E-state index contributed by atoms with van der Waals surface area (Å²) in [5, 5.41) is 53.6. The van der Waals surface area contributed by atoms with Crippen molar-refractivity contribution in [2.24, 2.45) is 0 Å². The minimum atomic E-state index is -0.932. The summed E-state index contributed by atoms with van der Waals surface area (Å²) in [5.74, 6) is 2.79. The van der Waals surface area contributed by atoms with Gasteiger partial charge in [-0.2, -0.15) is 34.9 Å². The van der Waals surface area contributed by atoms with E-state index in [0.29, 0.717) is 88.5 Å². The third-order valence-electron chi connectivity index (χ3n) is 17.9. The number of pyridine rings is 4. The fourth-order valence-corrected chi connectivity index (χ4v) is 13.0. The largest absolute Gasteiger partial charge is 0.508 e. The number of phenols is 2. The van der Waals surface area contributed by atoms with E-state index >= 15 is 0 Å². The number of benzene rings is 2. The maximum atomic E-state index is 11.1. The summed E-state index contributed by atoms with van der Waals surface area (Å²) in [5.41, 5.74) is 13.8. The van der Waals surface area contributed by atoms with E-state index in [-0.39, 0.29) is 45.0 Å². The molecule has 2 atom stereocenters. The normalized spacial score (nSPS) is 16.5. The van der Waals surface area contributed by atoms with Gasteiger partial charge in [-0.05, 0) is 196 Å². The van der Waals surface area contributed by atoms with Crippen molar-refractivity contribution in [3.63, 3.8) is 0 Å². The number of anilines is 8. The average molecular weight is 1540 g/mol. The van der Waals surface area contributed by atoms with E-state index < -0.39 is 11.2 Å². The number of fused-ring (bicyclic) bond motifs is 4. The number of aromatic nitrogens is 20. The van der Waals surface area contributed by atoms with Gasteiger partial charge in [-0.15, -0.1) is 0 Å². The molecule has 32 nitrogen and oxygen atoms in total. The predicted molar refractivity (Wildman–Crippen MR) is 410 cm³/mol. The van der Waals surface area contributed by atoms with Gasteiger partial charge < -0.3 is 71.8 Å². The number of nitrogens with two attached hydrogens (primary N) is 1. The summed E-state index contributed by atoms with van der Waals surface area (Å²) in [6.45, 7) is 4.40. The predicted octanol–water partition coefficient (Wildman–Crippen LogP) is 12.6. The van der Waals surface area contributed by atoms with E-state index in [1.165, 1.54) is 0 Å². The van der Waals surface area contributed by atoms with Crippen LogP contribution in [0.4, 0.5) is 46.2 Å². The van der Waals surface area contributed by atoms with Crippen molar-refractivity contribution in [1.29, 1.82) is 0 Å². The number of phenolic OH excluding ortho intramolecular Hbond substituents is 2. The zero-order valence-corrected chi connectivity index (χ0v) is 60.8. The number of rotatable bonds is 11. The highest BCUT2D eigenvalue weighted by Crippen LogP contribution is 2.37. The first-order chi connectivity index (χ1) is 52.6. The fourth-order valence-electron chi connectivity index (χ4n) is 12.2. The quantitative estimate of drug-likeness (QED) is 0.0423. The Morgan fingerprint density at radius 1 is 0.463 bits per heavy atom. The molecule has 0 radical (unpaired) electrons. The number of aromatic amines is 2. The van der Waals surface area contributed by atoms with Gasteiger partial charge in [0.05, 0.1) is 36.5 Å². The Morgan fingerprint density at radius 3 is 1.37 bits per heavy atom. The van der Waals surface area contributed by atoms with Crippen LogP contribution >= 0.6 is 46.4 Å². The van der Waals surface area contributed by atoms with E-state index in [4.69, 9.17) is 71.7 Å². The number of nitrogen functional groups attached to an aromatic ring is 1. The van der Waals surface area contributed by atoms with Crippen molar-refractivity contribution in [3.05, 3.63) is 204 Å². The lowest BCUT2D eigenvalue weighted by molar-refractivity contribution is -0.0299. The zero-order chi connectivity index (χ0) is 74.8. The smallest absolute Gasteiger partial charge is 0.229 e. The number of ether oxygens (including phenoxy) is 2. The minimum absolute atomic E-state index is 0.0317. The topological polar surface area (TPSA) is 424 Å². The van der Waals surface area contributed by atoms with Crippen LogP contribution in [0.2, 0.25) is 21.0 Å². The summed E-state index contributed by atoms with van der Waals surface area (Å²) in [7, 11) is 0. The van der Waals surface area contributed by atoms with Crippen molar-refractivity contribution in [2.45, 2.75) is 87.9 Å². The van der Waals surface area contributed by atoms with Crippen LogP contribution in [-0.2, 0) is 20.7 Å². The lowest BCUT2D eigenvalue weighted by Gasteiger charge is -2.38. The summed E-state index contributed by atoms with van der Waals surface area (Å²) < 4.78 is 15.3. The van der Waals surface area contributed by atoms with Gasteiger partial charge in [0, 0.05) is 98.6 Å². The summed E-state index contributed by atoms with van der Waals surface area (Å²) in [6, 6.07) is 28.2. The van der Waals surface area contributed by atoms with Gasteiger partial charge in [0.25, 0.3) is 0 Å². The highest BCUT2D eigenvalue weighted by Gasteiger charge is 2.36. The summed E-state index contributed by atoms with van der Waals surface area (Å²) in [4.78, 5) is 74.9. The number of hydrogen-bond donors (Lipinski definition) is 11. The third kappa shape index (κ3) is 19.1. The summed E-state index contributed by atoms with van der Waals surface area (Å²) >= 11 is 23.7. The molecule has 0 aliphatic carbocycles. The van der Waals surface area contributed by atoms with Crippen molar-refractivity contribution in [2.75, 3.05) is 66.0 Å². The van der Waals surface area contributed by atoms with Crippen LogP contribution in [0, 0.1) is 0 Å². The summed E-state index contributed by atoms with van der Waals surface area (Å²) in [6.07, 6.45) is 28.9. The number of nitrogens with zero attached hydrogens (tertiary/aromatic N) is 19. The van der Waals surface area contributed by atoms with Crippen LogP contribution in [0.5, 0.6) is 11.5 Å². The van der Waals surface area contributed by atoms with Crippen molar-refractivity contribution < 1.29 is 29.9 Å². The van der Waals surface area contributed by atoms with Crippen LogP contribution in [0.25, 0.3) is 44.7 Å². The van der Waals surface area contributed by atoms with Gasteiger partial charge in [0.15, 0.2) is 50.7 Å². The van der Waals surface area contributed by atoms with Gasteiger partial charge in [0.2, 0.25) is 21.8 Å². The lowest BCUT2D eigenvalue weighted by Crippen LogP contribution is -2.43. The minimum Gasteiger partial charge on any atom is -0.508 e. The van der Waals surface area contributed by atoms with Gasteiger partial charge >= 0.3 is 0 Å². The Balaban J connectivity index is 0.000000119. The molecule has 12 N–H and O–H groups in total. The molecule has 4 aliphatic heterocycles. The maximum Gasteiger partial charge on any atom is 0.229 e. The molecule has 0 spiro atoms. The number of H-pyrrole nitrogens is 2. The van der Waals surface area contributed by atoms with E-state index in [1.54, 1.807) is 136 Å². The monoisotopic (exact) mass is 1540 g/mol. The Kier molecular flexibility index (Phi) is 24.6. The van der Waals surface area contributed by atoms with Crippen LogP contribution in [0.1, 0.15) is 87.8 Å². The Labute approximate surface area is 637 Å². The molecule has 0 amide bonds. The molecule has 2 unspecified atom stereocenters. The number of piperidine rings is 2. The molecule has 4 fully saturated rings. The Bertz CT molecular complexity index is 5190. The molecule has 36 heteroatoms. The molecule has 2 aromatic carbocycles. The van der Waals surface area contributed by atoms with Crippen LogP contribution in [-0.4, -0.2) is 159 Å². The van der Waals surface area contributed by atoms with E-state index in [9.17, 15) is 15.3 Å². The van der Waals surface area contributed by atoms with Gasteiger partial charge in [-0.3, -0.25) is 29.1 Å². The van der Waals surface area contributed by atoms with Crippen molar-refractivity contribution in [3.8, 4) is 11.5 Å². The zero-order valence-electron chi connectivity index (χ0n) is 57.8. The molecular weight excluding hydrogens is 1470 g/mol. The third-order valence-corrected chi connectivity index (χ3v) is 18.6. The number of nitrogens with one attached hydrogen (secondary N) is 6. The van der Waals surface area contributed by atoms with Crippen LogP contribution in [0.15, 0.2) is 172 Å². The second-order valence-electron chi connectivity index (χ2n) is 25.1. The molecule has 12 aromatic heterocycles. The highest BCUT2D eigenvalue weighted by molar-refractivity contribution is 6.35. The Hall–Kier alpha value is -11.2. The van der Waals surface area contributed by atoms with Gasteiger partial charge in [-0.25, -0.2) is 24.9 Å². The highest BCUT2D eigenvalue weighted by atomic mass is 35.5. The maximum absolute atomic E-state index is 11.1. The van der Waals surface area contributed by atoms with Crippen LogP contribution in [0.3, 0.4) is 0 Å². The second kappa shape index (κ2) is 35.5. The molecule has 0 bridgehead atoms. The molecule has 4 aliphatic rings. The van der Waals surface area contributed by atoms with E-state index in [0.717, 1.165) is 117 Å². The van der Waals surface area contributed by atoms with E-state index in [2.05, 4.69) is 111 Å². The van der Waals surface area contributed by atoms with Gasteiger partial charge in [0.1, 0.15) is 40.5 Å². The number of aromatic hydroxyl groups is 2. The SMILES string of the molecule is Clc1nc(Cl)c2ncn(C3CCCCO3)c2n1.Clc1nc(Nc2ccncc2)c2[nH]cnc2n1.Clc1nc(Nc2ccncc2)c2ncn(C3CCCCO3)c2n1.Nc1ccncc1.Oc1ccc(C2(O)CCN(c3nc(Nc4ccncc4)c4[nH]cnc4n3)CC2)cc1.Oc1ccc(C2(O)CCNCC2)cc1. The Morgan fingerprint density at radius 2 is 0.889 bits per heavy atom. The first-order valence-corrected chi connectivity index (χ1v) is 36.0. The molecule has 556 valence electrons. The van der Waals surface area contributed by atoms with E-state index in [1.807, 2.05) is 45.5 Å². The second-order valence-corrected chi connectivity index (χ2v) is 26.5. The molecule has 108 heavy (non-hydrogen) atoms. The molecule has 0 saturated carbocycles. The standard InChI is InChI=1S/C21H21N7O2.C15H15ClN6O.C11H15NO2.C10H10Cl2N4O.C10H7ClN6.C5H6N2/c29-16-3-1-14(2-4-16)21(30)7-11-28(12-8-21)20-26-18-17(23-13-24-18)19(27-20)25-15-5-9-22-10-6-15;16-15-20-13(19-10-4-6-17-7-5-10)12-14(21-15)22(9-18-12)11-3-1-2-8-23-11;13-10-3-1-9(2-4-10)11(14)5-7-12-8-6-11;11-8-7-9(15-10(12)14-8)16(5-13-7)6-3-1-2-4-17-6;11-10-16-8-7(13-5-14-8)9(17-10)15-6-1-3-12-4-2-6;6-5-1-3-7-4-2-5/h1-6,9-10,13,29-30H,7-8,11-12H2,(H2,22,23,24,25,26,27);4-7,9,11H,1-3,8H2,(H,17,19,20,21);1-4,12-14H,5-8H2;5-6H,1-4H2;1-5H,(H2,12,13,14,15,16,17);1-4H,(H2,6,7). The number of hydrogen-bond acceptors (Lipinski definition) is 28. The molecule has 16 heterocycles. The first kappa shape index (κ1) is 75.0. The molecular formula is C72H74Cl4N26O6. The van der Waals surface area contributed by atoms with Crippen molar-refractivity contribution in [1.82, 2.24) is 104 Å². The average Bonchev–Trinajstić information content (AvgIpc) is 1.52. The molecule has 14 aromatic rings. The number of imidazole rings is 4. The van der Waals surface area contributed by atoms with Crippen LogP contribution < -0.4 is 31.9 Å². The molecule has 4 saturated heterocycles. The fraction of sp³-hybridized carbons (Fsp3) is 0.278. The first-order valence-electron chi connectivity index (χ1n) is 34.5. The number of halogens is 4. The number of aliphatic hydroxyl groups is 2.